The van der Waals surface area contributed by atoms with Crippen LogP contribution in [0.25, 0.3) is 5.57 Å². The lowest BCUT2D eigenvalue weighted by Crippen LogP contribution is -2.21. The number of hydrogen-bond donors (Lipinski definition) is 2. The maximum absolute atomic E-state index is 14.0. The molecule has 0 aromatic heterocycles. The third-order valence-corrected chi connectivity index (χ3v) is 4.43. The Morgan fingerprint density at radius 1 is 1.45 bits per heavy atom. The third-order valence-electron chi connectivity index (χ3n) is 2.94. The zero-order chi connectivity index (χ0) is 14.7. The highest BCUT2D eigenvalue weighted by Gasteiger charge is 2.23. The van der Waals surface area contributed by atoms with Gasteiger partial charge in [0.1, 0.15) is 11.6 Å². The second-order valence-electron chi connectivity index (χ2n) is 4.32. The molecule has 0 radical (unpaired) electrons. The molecule has 3 nitrogen and oxygen atoms in total. The largest absolute Gasteiger partial charge is 0.379 e. The van der Waals surface area contributed by atoms with Crippen LogP contribution in [0.3, 0.4) is 0 Å². The summed E-state index contributed by atoms with van der Waals surface area (Å²) in [6, 6.07) is 2.30. The summed E-state index contributed by atoms with van der Waals surface area (Å²) >= 11 is 4.25. The molecule has 0 saturated heterocycles. The maximum Gasteiger partial charge on any atom is 0.151 e. The zero-order valence-corrected chi connectivity index (χ0v) is 12.9. The molecule has 1 aliphatic heterocycles. The monoisotopic (exact) mass is 362 g/mol. The fourth-order valence-corrected chi connectivity index (χ4v) is 3.02. The fourth-order valence-electron chi connectivity index (χ4n) is 2.02. The van der Waals surface area contributed by atoms with Gasteiger partial charge in [-0.3, -0.25) is 5.41 Å². The zero-order valence-electron chi connectivity index (χ0n) is 10.5. The minimum atomic E-state index is -0.631. The first kappa shape index (κ1) is 15.5. The maximum atomic E-state index is 14.0. The molecule has 7 heteroatoms. The van der Waals surface area contributed by atoms with E-state index in [0.717, 1.165) is 11.6 Å². The average molecular weight is 363 g/mol. The van der Waals surface area contributed by atoms with Crippen molar-refractivity contribution in [2.45, 2.75) is 0 Å². The Hall–Kier alpha value is -0.920. The Bertz CT molecular complexity index is 566. The van der Waals surface area contributed by atoms with Crippen molar-refractivity contribution in [1.29, 1.82) is 5.41 Å². The lowest BCUT2D eigenvalue weighted by molar-refractivity contribution is 0.137. The molecular weight excluding hydrogens is 350 g/mol. The van der Waals surface area contributed by atoms with E-state index in [2.05, 4.69) is 15.9 Å². The molecule has 1 heterocycles. The summed E-state index contributed by atoms with van der Waals surface area (Å²) in [5.41, 5.74) is 6.45. The third kappa shape index (κ3) is 3.59. The number of thioether (sulfide) groups is 1. The second kappa shape index (κ2) is 6.69. The van der Waals surface area contributed by atoms with Gasteiger partial charge in [-0.15, -0.1) is 0 Å². The van der Waals surface area contributed by atoms with E-state index in [1.807, 2.05) is 0 Å². The van der Waals surface area contributed by atoms with E-state index in [9.17, 15) is 8.78 Å². The molecule has 0 saturated carbocycles. The van der Waals surface area contributed by atoms with Crippen molar-refractivity contribution in [3.8, 4) is 0 Å². The molecule has 1 atom stereocenters. The summed E-state index contributed by atoms with van der Waals surface area (Å²) in [5, 5.41) is 7.25. The molecule has 0 bridgehead atoms. The van der Waals surface area contributed by atoms with E-state index in [4.69, 9.17) is 15.9 Å². The first-order valence-electron chi connectivity index (χ1n) is 5.88. The van der Waals surface area contributed by atoms with Gasteiger partial charge in [0.05, 0.1) is 17.7 Å². The van der Waals surface area contributed by atoms with Crippen molar-refractivity contribution in [1.82, 2.24) is 0 Å². The van der Waals surface area contributed by atoms with Gasteiger partial charge >= 0.3 is 0 Å². The van der Waals surface area contributed by atoms with Crippen molar-refractivity contribution in [3.05, 3.63) is 39.9 Å². The van der Waals surface area contributed by atoms with E-state index < -0.39 is 11.6 Å². The number of benzene rings is 1. The number of halogens is 3. The fraction of sp³-hybridized carbons (Fsp3) is 0.308. The van der Waals surface area contributed by atoms with Crippen molar-refractivity contribution >= 4 is 38.4 Å². The molecule has 0 amide bonds. The van der Waals surface area contributed by atoms with Crippen molar-refractivity contribution in [2.24, 2.45) is 11.7 Å². The lowest BCUT2D eigenvalue weighted by Gasteiger charge is -2.25. The van der Waals surface area contributed by atoms with Crippen molar-refractivity contribution in [3.63, 3.8) is 0 Å². The summed E-state index contributed by atoms with van der Waals surface area (Å²) < 4.78 is 32.8. The highest BCUT2D eigenvalue weighted by Crippen LogP contribution is 2.33. The number of nitrogens with two attached hydrogens (primary N) is 1. The van der Waals surface area contributed by atoms with Crippen LogP contribution in [-0.2, 0) is 4.74 Å². The second-order valence-corrected chi connectivity index (χ2v) is 6.23. The SMILES string of the molecule is N=C(N)SCC1COCC=C1c1cc(Br)c(F)cc1F. The predicted octanol–water partition coefficient (Wildman–Crippen LogP) is 3.38. The summed E-state index contributed by atoms with van der Waals surface area (Å²) in [4.78, 5) is 0. The van der Waals surface area contributed by atoms with E-state index in [-0.39, 0.29) is 15.6 Å². The first-order chi connectivity index (χ1) is 9.49. The van der Waals surface area contributed by atoms with Gasteiger partial charge in [-0.05, 0) is 27.6 Å². The Kier molecular flexibility index (Phi) is 5.17. The standard InChI is InChI=1S/C13H13BrF2N2OS/c14-10-3-9(11(15)4-12(10)16)8-1-2-19-5-7(8)6-20-13(17)18/h1,3-4,7H,2,5-6H2,(H3,17,18). The Morgan fingerprint density at radius 2 is 2.20 bits per heavy atom. The molecule has 0 aliphatic carbocycles. The number of ether oxygens (including phenoxy) is 1. The quantitative estimate of drug-likeness (QED) is 0.492. The van der Waals surface area contributed by atoms with Crippen molar-refractivity contribution in [2.75, 3.05) is 19.0 Å². The Labute approximate surface area is 128 Å². The molecular formula is C13H13BrF2N2OS. The van der Waals surface area contributed by atoms with Crippen LogP contribution in [0.4, 0.5) is 8.78 Å². The minimum Gasteiger partial charge on any atom is -0.379 e. The molecule has 0 spiro atoms. The van der Waals surface area contributed by atoms with E-state index in [1.165, 1.54) is 17.8 Å². The summed E-state index contributed by atoms with van der Waals surface area (Å²) in [5.74, 6) is -0.787. The van der Waals surface area contributed by atoms with Crippen LogP contribution in [0.2, 0.25) is 0 Å². The van der Waals surface area contributed by atoms with Gasteiger partial charge in [0.2, 0.25) is 0 Å². The van der Waals surface area contributed by atoms with Gasteiger partial charge in [-0.1, -0.05) is 17.8 Å². The average Bonchev–Trinajstić information content (AvgIpc) is 2.41. The van der Waals surface area contributed by atoms with Gasteiger partial charge < -0.3 is 10.5 Å². The van der Waals surface area contributed by atoms with Crippen LogP contribution in [0, 0.1) is 23.0 Å². The van der Waals surface area contributed by atoms with Crippen LogP contribution in [-0.4, -0.2) is 24.1 Å². The van der Waals surface area contributed by atoms with Crippen LogP contribution < -0.4 is 5.73 Å². The van der Waals surface area contributed by atoms with E-state index >= 15 is 0 Å². The highest BCUT2D eigenvalue weighted by atomic mass is 79.9. The number of rotatable bonds is 3. The molecule has 1 aromatic carbocycles. The van der Waals surface area contributed by atoms with Gasteiger partial charge in [-0.25, -0.2) is 8.78 Å². The molecule has 0 fully saturated rings. The summed E-state index contributed by atoms with van der Waals surface area (Å²) in [7, 11) is 0. The minimum absolute atomic E-state index is 0.00989. The molecule has 1 aliphatic rings. The molecule has 1 unspecified atom stereocenters. The van der Waals surface area contributed by atoms with Crippen LogP contribution >= 0.6 is 27.7 Å². The topological polar surface area (TPSA) is 59.1 Å². The van der Waals surface area contributed by atoms with Gasteiger partial charge in [-0.2, -0.15) is 0 Å². The van der Waals surface area contributed by atoms with E-state index in [0.29, 0.717) is 24.5 Å². The molecule has 3 N–H and O–H groups in total. The van der Waals surface area contributed by atoms with Crippen LogP contribution in [0.1, 0.15) is 5.56 Å². The van der Waals surface area contributed by atoms with Gasteiger partial charge in [0.25, 0.3) is 0 Å². The Morgan fingerprint density at radius 3 is 2.90 bits per heavy atom. The van der Waals surface area contributed by atoms with Gasteiger partial charge in [0, 0.05) is 23.3 Å². The predicted molar refractivity (Wildman–Crippen MR) is 80.7 cm³/mol. The number of hydrogen-bond acceptors (Lipinski definition) is 3. The molecule has 108 valence electrons. The van der Waals surface area contributed by atoms with E-state index in [1.54, 1.807) is 6.08 Å². The molecule has 2 rings (SSSR count). The van der Waals surface area contributed by atoms with Crippen molar-refractivity contribution < 1.29 is 13.5 Å². The number of nitrogens with one attached hydrogen (secondary N) is 1. The lowest BCUT2D eigenvalue weighted by atomic mass is 9.92. The summed E-state index contributed by atoms with van der Waals surface area (Å²) in [6.45, 7) is 0.825. The highest BCUT2D eigenvalue weighted by molar-refractivity contribution is 9.10. The van der Waals surface area contributed by atoms with Gasteiger partial charge in [0.15, 0.2) is 5.17 Å². The Balaban J connectivity index is 2.30. The molecule has 20 heavy (non-hydrogen) atoms. The smallest absolute Gasteiger partial charge is 0.151 e. The number of amidine groups is 1. The van der Waals surface area contributed by atoms with Crippen LogP contribution in [0.15, 0.2) is 22.7 Å². The normalized spacial score (nSPS) is 18.8. The summed E-state index contributed by atoms with van der Waals surface area (Å²) in [6.07, 6.45) is 1.79. The van der Waals surface area contributed by atoms with Crippen LogP contribution in [0.5, 0.6) is 0 Å². The first-order valence-corrected chi connectivity index (χ1v) is 7.66. The molecule has 1 aromatic rings.